The van der Waals surface area contributed by atoms with E-state index in [0.717, 1.165) is 107 Å². The normalized spacial score (nSPS) is 15.9. The molecule has 2 aliphatic rings. The summed E-state index contributed by atoms with van der Waals surface area (Å²) in [7, 11) is 0. The van der Waals surface area contributed by atoms with Gasteiger partial charge in [-0.2, -0.15) is 10.2 Å². The van der Waals surface area contributed by atoms with Crippen LogP contribution in [0.15, 0.2) is 85.7 Å². The molecule has 8 aromatic rings. The average Bonchev–Trinajstić information content (AvgIpc) is 4.11. The summed E-state index contributed by atoms with van der Waals surface area (Å²) in [4.78, 5) is 27.4. The van der Waals surface area contributed by atoms with Crippen LogP contribution in [0.25, 0.3) is 35.7 Å². The second-order valence-electron chi connectivity index (χ2n) is 16.0. The number of halogens is 4. The maximum absolute atomic E-state index is 14.0. The standard InChI is InChI=1S/2C24H22ClFN6/c2*1-15-13-31(14-27-15)22-9-6-18(28-16(22)2)7-10-23-29-24-19(4-3-11-32(24)30-23)17-5-8-20(25)21(26)12-17/h2*5-10,12-14,19H,3-4,11H2,1-2H3/b2*10-7+/t2*19-/m10/s1. The van der Waals surface area contributed by atoms with E-state index in [0.29, 0.717) is 11.6 Å². The zero-order valence-corrected chi connectivity index (χ0v) is 37.2. The van der Waals surface area contributed by atoms with E-state index in [9.17, 15) is 8.78 Å². The summed E-state index contributed by atoms with van der Waals surface area (Å²) in [6.45, 7) is 9.48. The minimum atomic E-state index is -0.406. The summed E-state index contributed by atoms with van der Waals surface area (Å²) in [6.07, 6.45) is 18.8. The number of aromatic nitrogens is 12. The van der Waals surface area contributed by atoms with Gasteiger partial charge in [0.25, 0.3) is 0 Å². The second kappa shape index (κ2) is 18.2. The first-order chi connectivity index (χ1) is 30.9. The number of nitrogens with zero attached hydrogens (tertiary/aromatic N) is 12. The lowest BCUT2D eigenvalue weighted by Crippen LogP contribution is -2.18. The van der Waals surface area contributed by atoms with Crippen LogP contribution in [0.4, 0.5) is 8.78 Å². The molecule has 10 rings (SSSR count). The van der Waals surface area contributed by atoms with Crippen molar-refractivity contribution < 1.29 is 8.78 Å². The molecule has 6 aromatic heterocycles. The lowest BCUT2D eigenvalue weighted by Gasteiger charge is -2.22. The molecule has 16 heteroatoms. The summed E-state index contributed by atoms with van der Waals surface area (Å²) in [5, 5.41) is 9.52. The summed E-state index contributed by atoms with van der Waals surface area (Å²) in [6, 6.07) is 17.9. The van der Waals surface area contributed by atoms with Gasteiger partial charge in [-0.1, -0.05) is 35.3 Å². The van der Waals surface area contributed by atoms with Crippen molar-refractivity contribution in [1.82, 2.24) is 58.6 Å². The van der Waals surface area contributed by atoms with Gasteiger partial charge in [0.05, 0.1) is 68.2 Å². The topological polar surface area (TPSA) is 123 Å². The van der Waals surface area contributed by atoms with Crippen molar-refractivity contribution in [3.8, 4) is 11.4 Å². The fourth-order valence-electron chi connectivity index (χ4n) is 8.27. The number of fused-ring (bicyclic) bond motifs is 2. The van der Waals surface area contributed by atoms with Crippen LogP contribution in [0.3, 0.4) is 0 Å². The number of pyridine rings is 2. The minimum absolute atomic E-state index is 0.00320. The van der Waals surface area contributed by atoms with Gasteiger partial charge in [-0.25, -0.2) is 38.1 Å². The SMILES string of the molecule is Cc1cn(-c2ccc(/C=C/c3nc4n(n3)CCC[C@@H]4c3ccc(Cl)c(F)c3)nc2C)cn1.Cc1cn(-c2ccc(/C=C/c3nc4n(n3)CCC[C@H]4c3ccc(Cl)c(F)c3)nc2C)cn1. The monoisotopic (exact) mass is 896 g/mol. The van der Waals surface area contributed by atoms with Gasteiger partial charge in [-0.05, 0) is 137 Å². The van der Waals surface area contributed by atoms with Gasteiger partial charge in [0.1, 0.15) is 23.3 Å². The van der Waals surface area contributed by atoms with Crippen LogP contribution in [-0.4, -0.2) is 58.6 Å². The fourth-order valence-corrected chi connectivity index (χ4v) is 8.51. The molecule has 0 amide bonds. The Bertz CT molecular complexity index is 2850. The van der Waals surface area contributed by atoms with Crippen molar-refractivity contribution in [1.29, 1.82) is 0 Å². The zero-order valence-electron chi connectivity index (χ0n) is 35.7. The molecule has 0 unspecified atom stereocenters. The smallest absolute Gasteiger partial charge is 0.174 e. The van der Waals surface area contributed by atoms with Gasteiger partial charge in [0, 0.05) is 37.3 Å². The molecule has 2 aromatic carbocycles. The summed E-state index contributed by atoms with van der Waals surface area (Å²) >= 11 is 11.7. The largest absolute Gasteiger partial charge is 0.304 e. The van der Waals surface area contributed by atoms with Gasteiger partial charge < -0.3 is 9.13 Å². The molecule has 12 nitrogen and oxygen atoms in total. The highest BCUT2D eigenvalue weighted by molar-refractivity contribution is 6.31. The molecule has 0 N–H and O–H groups in total. The highest BCUT2D eigenvalue weighted by Crippen LogP contribution is 2.35. The predicted octanol–water partition coefficient (Wildman–Crippen LogP) is 10.7. The van der Waals surface area contributed by atoms with E-state index in [1.54, 1.807) is 24.8 Å². The second-order valence-corrected chi connectivity index (χ2v) is 16.8. The summed E-state index contributed by atoms with van der Waals surface area (Å²) < 4.78 is 35.8. The van der Waals surface area contributed by atoms with Crippen LogP contribution in [0.2, 0.25) is 10.0 Å². The van der Waals surface area contributed by atoms with E-state index >= 15 is 0 Å². The van der Waals surface area contributed by atoms with Gasteiger partial charge in [0.15, 0.2) is 11.6 Å². The molecule has 0 bridgehead atoms. The third-order valence-corrected chi connectivity index (χ3v) is 12.0. The van der Waals surface area contributed by atoms with Crippen LogP contribution in [-0.2, 0) is 13.1 Å². The molecule has 0 saturated heterocycles. The third kappa shape index (κ3) is 9.20. The van der Waals surface area contributed by atoms with E-state index in [4.69, 9.17) is 33.2 Å². The Labute approximate surface area is 379 Å². The zero-order chi connectivity index (χ0) is 44.5. The first kappa shape index (κ1) is 42.7. The number of aryl methyl sites for hydroxylation is 6. The van der Waals surface area contributed by atoms with E-state index < -0.39 is 11.6 Å². The Morgan fingerprint density at radius 2 is 1.00 bits per heavy atom. The molecule has 0 radical (unpaired) electrons. The molecule has 64 heavy (non-hydrogen) atoms. The highest BCUT2D eigenvalue weighted by atomic mass is 35.5. The number of benzene rings is 2. The average molecular weight is 898 g/mol. The first-order valence-corrected chi connectivity index (χ1v) is 21.8. The van der Waals surface area contributed by atoms with Crippen molar-refractivity contribution in [2.75, 3.05) is 0 Å². The quantitative estimate of drug-likeness (QED) is 0.148. The molecule has 2 atom stereocenters. The van der Waals surface area contributed by atoms with Gasteiger partial charge in [-0.3, -0.25) is 9.97 Å². The summed E-state index contributed by atoms with van der Waals surface area (Å²) in [5.74, 6) is 2.14. The molecular formula is C48H44Cl2F2N12. The third-order valence-electron chi connectivity index (χ3n) is 11.4. The minimum Gasteiger partial charge on any atom is -0.304 e. The van der Waals surface area contributed by atoms with Crippen LogP contribution >= 0.6 is 23.2 Å². The number of rotatable bonds is 8. The van der Waals surface area contributed by atoms with E-state index in [2.05, 4.69) is 30.1 Å². The number of hydrogen-bond donors (Lipinski definition) is 0. The van der Waals surface area contributed by atoms with Gasteiger partial charge in [0.2, 0.25) is 0 Å². The van der Waals surface area contributed by atoms with Gasteiger partial charge in [-0.15, -0.1) is 0 Å². The van der Waals surface area contributed by atoms with E-state index in [-0.39, 0.29) is 21.9 Å². The highest BCUT2D eigenvalue weighted by Gasteiger charge is 2.27. The lowest BCUT2D eigenvalue weighted by atomic mass is 9.91. The molecule has 0 saturated carbocycles. The maximum Gasteiger partial charge on any atom is 0.174 e. The predicted molar refractivity (Wildman–Crippen MR) is 245 cm³/mol. The first-order valence-electron chi connectivity index (χ1n) is 21.1. The summed E-state index contributed by atoms with van der Waals surface area (Å²) in [5.41, 5.74) is 9.13. The lowest BCUT2D eigenvalue weighted by molar-refractivity contribution is 0.444. The van der Waals surface area contributed by atoms with Crippen LogP contribution in [0.5, 0.6) is 0 Å². The molecule has 8 heterocycles. The van der Waals surface area contributed by atoms with Crippen LogP contribution in [0, 0.1) is 39.3 Å². The van der Waals surface area contributed by atoms with E-state index in [1.165, 1.54) is 12.1 Å². The van der Waals surface area contributed by atoms with E-state index in [1.807, 2.05) is 119 Å². The van der Waals surface area contributed by atoms with Gasteiger partial charge >= 0.3 is 0 Å². The fraction of sp³-hybridized carbons (Fsp3) is 0.250. The van der Waals surface area contributed by atoms with Crippen molar-refractivity contribution in [2.45, 2.75) is 78.3 Å². The Morgan fingerprint density at radius 1 is 0.562 bits per heavy atom. The van der Waals surface area contributed by atoms with Crippen LogP contribution in [0.1, 0.15) is 106 Å². The molecule has 0 fully saturated rings. The van der Waals surface area contributed by atoms with Crippen molar-refractivity contribution in [2.24, 2.45) is 0 Å². The molecule has 324 valence electrons. The number of imidazole rings is 2. The molecule has 2 aliphatic heterocycles. The van der Waals surface area contributed by atoms with Crippen molar-refractivity contribution in [3.63, 3.8) is 0 Å². The van der Waals surface area contributed by atoms with Crippen molar-refractivity contribution >= 4 is 47.5 Å². The molecule has 0 aliphatic carbocycles. The Balaban J connectivity index is 0.000000162. The molecule has 0 spiro atoms. The van der Waals surface area contributed by atoms with Crippen LogP contribution < -0.4 is 0 Å². The molecular weight excluding hydrogens is 854 g/mol. The van der Waals surface area contributed by atoms with Crippen molar-refractivity contribution in [3.05, 3.63) is 176 Å². The maximum atomic E-state index is 14.0. The number of hydrogen-bond acceptors (Lipinski definition) is 8. The Hall–Kier alpha value is -6.64. The Morgan fingerprint density at radius 3 is 1.38 bits per heavy atom. The Kier molecular flexibility index (Phi) is 12.1.